The van der Waals surface area contributed by atoms with Crippen molar-refractivity contribution in [1.29, 1.82) is 0 Å². The summed E-state index contributed by atoms with van der Waals surface area (Å²) in [6.45, 7) is 2.66. The maximum atomic E-state index is 12.5. The number of benzene rings is 2. The molecule has 0 aliphatic rings. The van der Waals surface area contributed by atoms with Crippen molar-refractivity contribution in [2.24, 2.45) is 0 Å². The molecule has 0 radical (unpaired) electrons. The van der Waals surface area contributed by atoms with Crippen molar-refractivity contribution in [3.8, 4) is 0 Å². The van der Waals surface area contributed by atoms with E-state index in [0.717, 1.165) is 18.5 Å². The fraction of sp³-hybridized carbons (Fsp3) is 0.316. The first-order valence-electron chi connectivity index (χ1n) is 8.52. The molecule has 0 heterocycles. The fourth-order valence-electron chi connectivity index (χ4n) is 2.31. The Kier molecular flexibility index (Phi) is 6.63. The number of nitrogens with zero attached hydrogens (tertiary/aromatic N) is 1. The second-order valence-electron chi connectivity index (χ2n) is 6.18. The standard InChI is InChI=1S/C19H25N3O3S/c1-4-5-14-20-19(23)15-6-12-18(13-7-15)26(24,25)21-16-8-10-17(11-9-16)22(2)3/h6-13,21H,4-5,14H2,1-3H3,(H,20,23). The molecule has 0 saturated heterocycles. The second-order valence-corrected chi connectivity index (χ2v) is 7.86. The van der Waals surface area contributed by atoms with Gasteiger partial charge in [-0.2, -0.15) is 0 Å². The molecule has 0 unspecified atom stereocenters. The van der Waals surface area contributed by atoms with Crippen molar-refractivity contribution in [1.82, 2.24) is 5.32 Å². The number of amides is 1. The Balaban J connectivity index is 2.07. The van der Waals surface area contributed by atoms with Crippen molar-refractivity contribution < 1.29 is 13.2 Å². The van der Waals surface area contributed by atoms with Crippen LogP contribution in [0.2, 0.25) is 0 Å². The van der Waals surface area contributed by atoms with E-state index in [1.54, 1.807) is 12.1 Å². The van der Waals surface area contributed by atoms with E-state index in [9.17, 15) is 13.2 Å². The van der Waals surface area contributed by atoms with Gasteiger partial charge in [-0.3, -0.25) is 9.52 Å². The van der Waals surface area contributed by atoms with E-state index in [0.29, 0.717) is 17.8 Å². The Morgan fingerprint density at radius 3 is 2.15 bits per heavy atom. The van der Waals surface area contributed by atoms with Gasteiger partial charge in [0.25, 0.3) is 15.9 Å². The lowest BCUT2D eigenvalue weighted by Gasteiger charge is -2.13. The summed E-state index contributed by atoms with van der Waals surface area (Å²) in [6, 6.07) is 13.0. The normalized spacial score (nSPS) is 11.0. The Morgan fingerprint density at radius 2 is 1.62 bits per heavy atom. The van der Waals surface area contributed by atoms with Crippen molar-refractivity contribution >= 4 is 27.3 Å². The summed E-state index contributed by atoms with van der Waals surface area (Å²) in [5, 5.41) is 2.80. The lowest BCUT2D eigenvalue weighted by Crippen LogP contribution is -2.24. The van der Waals surface area contributed by atoms with Crippen LogP contribution in [0.4, 0.5) is 11.4 Å². The molecule has 2 aromatic rings. The molecule has 2 rings (SSSR count). The van der Waals surface area contributed by atoms with Crippen LogP contribution in [0.1, 0.15) is 30.1 Å². The summed E-state index contributed by atoms with van der Waals surface area (Å²) in [5.74, 6) is -0.199. The first kappa shape index (κ1) is 19.8. The fourth-order valence-corrected chi connectivity index (χ4v) is 3.37. The summed E-state index contributed by atoms with van der Waals surface area (Å²) in [5.41, 5.74) is 1.90. The zero-order chi connectivity index (χ0) is 19.2. The number of anilines is 2. The van der Waals surface area contributed by atoms with Crippen molar-refractivity contribution in [3.63, 3.8) is 0 Å². The number of sulfonamides is 1. The van der Waals surface area contributed by atoms with Crippen LogP contribution in [-0.4, -0.2) is 35.0 Å². The molecular formula is C19H25N3O3S. The van der Waals surface area contributed by atoms with E-state index in [2.05, 4.69) is 10.0 Å². The zero-order valence-corrected chi connectivity index (χ0v) is 16.1. The van der Waals surface area contributed by atoms with E-state index in [4.69, 9.17) is 0 Å². The Hall–Kier alpha value is -2.54. The average molecular weight is 375 g/mol. The average Bonchev–Trinajstić information content (AvgIpc) is 2.62. The summed E-state index contributed by atoms with van der Waals surface area (Å²) in [6.07, 6.45) is 1.91. The highest BCUT2D eigenvalue weighted by Gasteiger charge is 2.15. The summed E-state index contributed by atoms with van der Waals surface area (Å²) in [7, 11) is 0.127. The lowest BCUT2D eigenvalue weighted by molar-refractivity contribution is 0.0953. The van der Waals surface area contributed by atoms with Crippen molar-refractivity contribution in [3.05, 3.63) is 54.1 Å². The third-order valence-electron chi connectivity index (χ3n) is 3.88. The van der Waals surface area contributed by atoms with Crippen molar-refractivity contribution in [2.75, 3.05) is 30.3 Å². The maximum absolute atomic E-state index is 12.5. The van der Waals surface area contributed by atoms with Crippen LogP contribution in [-0.2, 0) is 10.0 Å². The number of unbranched alkanes of at least 4 members (excludes halogenated alkanes) is 1. The largest absolute Gasteiger partial charge is 0.378 e. The third-order valence-corrected chi connectivity index (χ3v) is 5.28. The van der Waals surface area contributed by atoms with Gasteiger partial charge >= 0.3 is 0 Å². The van der Waals surface area contributed by atoms with E-state index < -0.39 is 10.0 Å². The topological polar surface area (TPSA) is 78.5 Å². The number of nitrogens with one attached hydrogen (secondary N) is 2. The van der Waals surface area contributed by atoms with Crippen LogP contribution in [0.5, 0.6) is 0 Å². The van der Waals surface area contributed by atoms with E-state index in [1.165, 1.54) is 24.3 Å². The highest BCUT2D eigenvalue weighted by Crippen LogP contribution is 2.20. The van der Waals surface area contributed by atoms with Crippen LogP contribution in [0, 0.1) is 0 Å². The molecule has 26 heavy (non-hydrogen) atoms. The first-order chi connectivity index (χ1) is 12.3. The number of hydrogen-bond donors (Lipinski definition) is 2. The number of rotatable bonds is 8. The highest BCUT2D eigenvalue weighted by atomic mass is 32.2. The Bertz CT molecular complexity index is 829. The van der Waals surface area contributed by atoms with Gasteiger partial charge in [0.1, 0.15) is 0 Å². The molecular weight excluding hydrogens is 350 g/mol. The monoisotopic (exact) mass is 375 g/mol. The SMILES string of the molecule is CCCCNC(=O)c1ccc(S(=O)(=O)Nc2ccc(N(C)C)cc2)cc1. The quantitative estimate of drug-likeness (QED) is 0.695. The van der Waals surface area contributed by atoms with Crippen LogP contribution in [0.25, 0.3) is 0 Å². The van der Waals surface area contributed by atoms with Crippen molar-refractivity contribution in [2.45, 2.75) is 24.7 Å². The zero-order valence-electron chi connectivity index (χ0n) is 15.3. The molecule has 140 valence electrons. The van der Waals surface area contributed by atoms with E-state index >= 15 is 0 Å². The molecule has 6 nitrogen and oxygen atoms in total. The van der Waals surface area contributed by atoms with Gasteiger partial charge in [-0.05, 0) is 55.0 Å². The number of hydrogen-bond acceptors (Lipinski definition) is 4. The van der Waals surface area contributed by atoms with Gasteiger partial charge in [-0.1, -0.05) is 13.3 Å². The van der Waals surface area contributed by atoms with Crippen LogP contribution in [0.3, 0.4) is 0 Å². The summed E-state index contributed by atoms with van der Waals surface area (Å²) >= 11 is 0. The molecule has 0 aromatic heterocycles. The molecule has 0 atom stereocenters. The molecule has 2 N–H and O–H groups in total. The minimum atomic E-state index is -3.71. The Labute approximate surface area is 155 Å². The van der Waals surface area contributed by atoms with Gasteiger partial charge in [-0.25, -0.2) is 8.42 Å². The third kappa shape index (κ3) is 5.23. The maximum Gasteiger partial charge on any atom is 0.261 e. The van der Waals surface area contributed by atoms with E-state index in [1.807, 2.05) is 38.1 Å². The smallest absolute Gasteiger partial charge is 0.261 e. The summed E-state index contributed by atoms with van der Waals surface area (Å²) < 4.78 is 27.5. The number of carbonyl (C=O) groups is 1. The highest BCUT2D eigenvalue weighted by molar-refractivity contribution is 7.92. The number of carbonyl (C=O) groups excluding carboxylic acids is 1. The van der Waals surface area contributed by atoms with Gasteiger partial charge in [0, 0.05) is 37.6 Å². The molecule has 7 heteroatoms. The molecule has 0 aliphatic heterocycles. The van der Waals surface area contributed by atoms with Gasteiger partial charge in [0.2, 0.25) is 0 Å². The van der Waals surface area contributed by atoms with Crippen LogP contribution < -0.4 is 14.9 Å². The molecule has 0 saturated carbocycles. The van der Waals surface area contributed by atoms with Gasteiger partial charge in [0.05, 0.1) is 4.90 Å². The summed E-state index contributed by atoms with van der Waals surface area (Å²) in [4.78, 5) is 14.0. The molecule has 0 aliphatic carbocycles. The van der Waals surface area contributed by atoms with E-state index in [-0.39, 0.29) is 10.8 Å². The van der Waals surface area contributed by atoms with Gasteiger partial charge in [0.15, 0.2) is 0 Å². The second kappa shape index (κ2) is 8.71. The molecule has 0 bridgehead atoms. The molecule has 1 amide bonds. The van der Waals surface area contributed by atoms with Gasteiger partial charge < -0.3 is 10.2 Å². The van der Waals surface area contributed by atoms with Gasteiger partial charge in [-0.15, -0.1) is 0 Å². The molecule has 0 spiro atoms. The van der Waals surface area contributed by atoms with Crippen LogP contribution in [0.15, 0.2) is 53.4 Å². The minimum Gasteiger partial charge on any atom is -0.378 e. The predicted molar refractivity (Wildman–Crippen MR) is 105 cm³/mol. The minimum absolute atomic E-state index is 0.110. The first-order valence-corrected chi connectivity index (χ1v) is 10.0. The van der Waals surface area contributed by atoms with Crippen LogP contribution >= 0.6 is 0 Å². The molecule has 2 aromatic carbocycles. The lowest BCUT2D eigenvalue weighted by atomic mass is 10.2. The molecule has 0 fully saturated rings. The predicted octanol–water partition coefficient (Wildman–Crippen LogP) is 3.08. The Morgan fingerprint density at radius 1 is 1.00 bits per heavy atom.